The zero-order chi connectivity index (χ0) is 19.7. The molecule has 4 N–H and O–H groups in total. The van der Waals surface area contributed by atoms with Gasteiger partial charge in [0.2, 0.25) is 0 Å². The van der Waals surface area contributed by atoms with Gasteiger partial charge in [-0.1, -0.05) is 66.7 Å². The summed E-state index contributed by atoms with van der Waals surface area (Å²) in [5.74, 6) is 0. The summed E-state index contributed by atoms with van der Waals surface area (Å²) in [4.78, 5) is 0. The predicted octanol–water partition coefficient (Wildman–Crippen LogP) is 1.90. The molecule has 5 nitrogen and oxygen atoms in total. The number of fused-ring (bicyclic) bond motifs is 1. The van der Waals surface area contributed by atoms with E-state index in [2.05, 4.69) is 24.3 Å². The molecule has 1 fully saturated rings. The molecule has 28 heavy (non-hydrogen) atoms. The minimum atomic E-state index is -1.37. The van der Waals surface area contributed by atoms with Gasteiger partial charge >= 0.3 is 0 Å². The predicted molar refractivity (Wildman–Crippen MR) is 105 cm³/mol. The summed E-state index contributed by atoms with van der Waals surface area (Å²) in [7, 11) is 0. The first-order valence-electron chi connectivity index (χ1n) is 9.44. The average molecular weight is 380 g/mol. The molecule has 1 aliphatic heterocycles. The molecule has 1 saturated heterocycles. The van der Waals surface area contributed by atoms with Crippen molar-refractivity contribution >= 4 is 0 Å². The van der Waals surface area contributed by atoms with Gasteiger partial charge in [0, 0.05) is 0 Å². The number of hydrogen-bond acceptors (Lipinski definition) is 5. The van der Waals surface area contributed by atoms with Gasteiger partial charge in [0.1, 0.15) is 30.5 Å². The first kappa shape index (κ1) is 19.1. The summed E-state index contributed by atoms with van der Waals surface area (Å²) in [5, 5.41) is 39.8. The molecule has 0 spiro atoms. The van der Waals surface area contributed by atoms with Crippen molar-refractivity contribution in [2.45, 2.75) is 36.9 Å². The molecular formula is C23H24O5. The topological polar surface area (TPSA) is 90.2 Å². The van der Waals surface area contributed by atoms with E-state index in [1.54, 1.807) is 0 Å². The van der Waals surface area contributed by atoms with Crippen LogP contribution >= 0.6 is 0 Å². The molecule has 146 valence electrons. The highest BCUT2D eigenvalue weighted by atomic mass is 16.5. The standard InChI is InChI=1S/C23H24O5/c24-13-19-20(25)21(26)22(27)23(28-19)18-8-4-5-14(10-18)9-15-11-16-6-2-1-3-7-17(16)12-15/h1-8,10-12,19-27H,9,13H2/t19?,20-,21+,22-,23+/m1/s1. The lowest BCUT2D eigenvalue weighted by Gasteiger charge is -2.40. The highest BCUT2D eigenvalue weighted by Crippen LogP contribution is 2.33. The Morgan fingerprint density at radius 3 is 2.11 bits per heavy atom. The Kier molecular flexibility index (Phi) is 5.44. The van der Waals surface area contributed by atoms with Gasteiger partial charge in [-0.2, -0.15) is 0 Å². The quantitative estimate of drug-likeness (QED) is 0.555. The third kappa shape index (κ3) is 3.68. The monoisotopic (exact) mass is 380 g/mol. The summed E-state index contributed by atoms with van der Waals surface area (Å²) >= 11 is 0. The van der Waals surface area contributed by atoms with Gasteiger partial charge in [-0.25, -0.2) is 0 Å². The number of ether oxygens (including phenoxy) is 1. The second-order valence-electron chi connectivity index (χ2n) is 7.36. The maximum atomic E-state index is 10.4. The van der Waals surface area contributed by atoms with Crippen LogP contribution < -0.4 is 0 Å². The lowest BCUT2D eigenvalue weighted by atomic mass is 9.90. The Morgan fingerprint density at radius 2 is 1.43 bits per heavy atom. The van der Waals surface area contributed by atoms with Crippen LogP contribution in [0.2, 0.25) is 0 Å². The molecule has 0 radical (unpaired) electrons. The smallest absolute Gasteiger partial charge is 0.113 e. The average Bonchev–Trinajstić information content (AvgIpc) is 2.94. The van der Waals surface area contributed by atoms with Crippen molar-refractivity contribution in [3.8, 4) is 11.1 Å². The van der Waals surface area contributed by atoms with E-state index < -0.39 is 37.1 Å². The van der Waals surface area contributed by atoms with Crippen LogP contribution in [0.3, 0.4) is 0 Å². The maximum Gasteiger partial charge on any atom is 0.113 e. The van der Waals surface area contributed by atoms with Crippen molar-refractivity contribution < 1.29 is 25.2 Å². The van der Waals surface area contributed by atoms with Gasteiger partial charge in [0.15, 0.2) is 0 Å². The van der Waals surface area contributed by atoms with E-state index in [1.165, 1.54) is 16.7 Å². The van der Waals surface area contributed by atoms with E-state index in [1.807, 2.05) is 42.5 Å². The number of aliphatic hydroxyl groups is 4. The van der Waals surface area contributed by atoms with Crippen molar-refractivity contribution in [1.82, 2.24) is 0 Å². The number of benzene rings is 1. The van der Waals surface area contributed by atoms with Crippen molar-refractivity contribution in [2.75, 3.05) is 6.61 Å². The van der Waals surface area contributed by atoms with Gasteiger partial charge < -0.3 is 25.2 Å². The van der Waals surface area contributed by atoms with Crippen LogP contribution in [0, 0.1) is 0 Å². The molecular weight excluding hydrogens is 356 g/mol. The Balaban J connectivity index is 1.58. The van der Waals surface area contributed by atoms with Crippen molar-refractivity contribution in [1.29, 1.82) is 0 Å². The molecule has 1 unspecified atom stereocenters. The maximum absolute atomic E-state index is 10.4. The molecule has 5 heteroatoms. The van der Waals surface area contributed by atoms with Gasteiger partial charge in [-0.15, -0.1) is 0 Å². The van der Waals surface area contributed by atoms with Crippen molar-refractivity contribution in [3.05, 3.63) is 83.4 Å². The van der Waals surface area contributed by atoms with E-state index in [4.69, 9.17) is 4.74 Å². The molecule has 3 aliphatic rings. The fourth-order valence-electron chi connectivity index (χ4n) is 3.87. The third-order valence-corrected chi connectivity index (χ3v) is 5.37. The summed E-state index contributed by atoms with van der Waals surface area (Å²) in [6.45, 7) is -0.432. The van der Waals surface area contributed by atoms with E-state index in [0.717, 1.165) is 12.0 Å². The van der Waals surface area contributed by atoms with Crippen LogP contribution in [0.25, 0.3) is 11.1 Å². The van der Waals surface area contributed by atoms with Crippen molar-refractivity contribution in [2.24, 2.45) is 0 Å². The van der Waals surface area contributed by atoms with Crippen LogP contribution in [-0.4, -0.2) is 51.4 Å². The molecule has 0 saturated carbocycles. The molecule has 2 aliphatic carbocycles. The molecule has 1 heterocycles. The van der Waals surface area contributed by atoms with Crippen LogP contribution in [-0.2, 0) is 11.2 Å². The van der Waals surface area contributed by atoms with Gasteiger partial charge in [0.05, 0.1) is 6.61 Å². The van der Waals surface area contributed by atoms with Gasteiger partial charge in [0.25, 0.3) is 0 Å². The fourth-order valence-corrected chi connectivity index (χ4v) is 3.87. The van der Waals surface area contributed by atoms with Crippen LogP contribution in [0.5, 0.6) is 0 Å². The molecule has 1 aromatic carbocycles. The highest BCUT2D eigenvalue weighted by Gasteiger charge is 2.43. The van der Waals surface area contributed by atoms with E-state index in [9.17, 15) is 20.4 Å². The molecule has 1 aromatic rings. The second-order valence-corrected chi connectivity index (χ2v) is 7.36. The zero-order valence-corrected chi connectivity index (χ0v) is 15.3. The molecule has 0 aromatic heterocycles. The first-order valence-corrected chi connectivity index (χ1v) is 9.44. The fraction of sp³-hybridized carbons (Fsp3) is 0.304. The summed E-state index contributed by atoms with van der Waals surface area (Å²) in [5.41, 5.74) is 5.31. The summed E-state index contributed by atoms with van der Waals surface area (Å²) in [6.07, 6.45) is -4.99. The Hall–Kier alpha value is -2.28. The Morgan fingerprint density at radius 1 is 0.714 bits per heavy atom. The van der Waals surface area contributed by atoms with E-state index >= 15 is 0 Å². The highest BCUT2D eigenvalue weighted by molar-refractivity contribution is 5.68. The third-order valence-electron chi connectivity index (χ3n) is 5.37. The van der Waals surface area contributed by atoms with Crippen LogP contribution in [0.4, 0.5) is 0 Å². The normalized spacial score (nSPS) is 27.8. The lowest BCUT2D eigenvalue weighted by Crippen LogP contribution is -2.55. The Bertz CT molecular complexity index is 878. The number of rotatable bonds is 4. The van der Waals surface area contributed by atoms with Crippen LogP contribution in [0.1, 0.15) is 22.8 Å². The minimum Gasteiger partial charge on any atom is -0.394 e. The van der Waals surface area contributed by atoms with Gasteiger partial charge in [-0.3, -0.25) is 0 Å². The van der Waals surface area contributed by atoms with Gasteiger partial charge in [-0.05, 0) is 34.2 Å². The zero-order valence-electron chi connectivity index (χ0n) is 15.3. The largest absolute Gasteiger partial charge is 0.394 e. The SMILES string of the molecule is OCC1O[C@@H](c2cccc(Cc3cc4cccccc-4c3)c2)[C@H](O)[C@@H](O)[C@@H]1O. The van der Waals surface area contributed by atoms with E-state index in [-0.39, 0.29) is 0 Å². The van der Waals surface area contributed by atoms with E-state index in [0.29, 0.717) is 5.56 Å². The number of aliphatic hydroxyl groups excluding tert-OH is 4. The van der Waals surface area contributed by atoms with Crippen LogP contribution in [0.15, 0.2) is 66.7 Å². The molecule has 0 amide bonds. The molecule has 4 rings (SSSR count). The second kappa shape index (κ2) is 7.99. The first-order chi connectivity index (χ1) is 13.6. The lowest BCUT2D eigenvalue weighted by molar-refractivity contribution is -0.231. The molecule has 5 atom stereocenters. The summed E-state index contributed by atoms with van der Waals surface area (Å²) < 4.78 is 5.67. The van der Waals surface area contributed by atoms with Crippen molar-refractivity contribution in [3.63, 3.8) is 0 Å². The molecule has 0 bridgehead atoms. The minimum absolute atomic E-state index is 0.432. The summed E-state index contributed by atoms with van der Waals surface area (Å²) in [6, 6.07) is 22.2. The Labute approximate surface area is 163 Å². The number of hydrogen-bond donors (Lipinski definition) is 4.